The van der Waals surface area contributed by atoms with E-state index < -0.39 is 11.5 Å². The lowest BCUT2D eigenvalue weighted by Crippen LogP contribution is -2.30. The van der Waals surface area contributed by atoms with Gasteiger partial charge in [0.15, 0.2) is 11.5 Å². The minimum atomic E-state index is -0.453. The third-order valence-corrected chi connectivity index (χ3v) is 4.16. The van der Waals surface area contributed by atoms with Crippen LogP contribution in [0.15, 0.2) is 53.5 Å². The molecule has 3 rings (SSSR count). The van der Waals surface area contributed by atoms with Gasteiger partial charge in [0, 0.05) is 24.0 Å². The Bertz CT molecular complexity index is 1060. The van der Waals surface area contributed by atoms with Crippen molar-refractivity contribution in [2.24, 2.45) is 0 Å². The highest BCUT2D eigenvalue weighted by Gasteiger charge is 2.16. The number of aromatic amines is 1. The molecule has 144 valence electrons. The van der Waals surface area contributed by atoms with Crippen molar-refractivity contribution in [1.82, 2.24) is 15.3 Å². The van der Waals surface area contributed by atoms with Crippen molar-refractivity contribution in [3.05, 3.63) is 81.4 Å². The number of amides is 1. The number of carbonyl (C=O) groups excluding carboxylic acids is 1. The molecule has 0 saturated carbocycles. The van der Waals surface area contributed by atoms with Crippen molar-refractivity contribution in [2.75, 3.05) is 7.11 Å². The molecule has 7 nitrogen and oxygen atoms in total. The standard InChI is InChI=1S/C21H21N3O4/c1-13-11-14(2)24-20(26)18(13)19(25)23-12-15-7-6-10-22-21(15)28-17-9-5-4-8-16(17)27-3/h4-11H,12H2,1-3H3,(H,23,25)(H,24,26). The predicted molar refractivity (Wildman–Crippen MR) is 105 cm³/mol. The van der Waals surface area contributed by atoms with Gasteiger partial charge < -0.3 is 19.8 Å². The van der Waals surface area contributed by atoms with E-state index in [0.717, 1.165) is 0 Å². The number of para-hydroxylation sites is 2. The Hall–Kier alpha value is -3.61. The van der Waals surface area contributed by atoms with Gasteiger partial charge in [0.2, 0.25) is 5.88 Å². The van der Waals surface area contributed by atoms with E-state index in [1.165, 1.54) is 0 Å². The van der Waals surface area contributed by atoms with Crippen LogP contribution in [0.5, 0.6) is 17.4 Å². The average Bonchev–Trinajstić information content (AvgIpc) is 2.67. The number of aryl methyl sites for hydroxylation is 2. The molecule has 0 radical (unpaired) electrons. The third-order valence-electron chi connectivity index (χ3n) is 4.16. The lowest BCUT2D eigenvalue weighted by atomic mass is 10.1. The SMILES string of the molecule is COc1ccccc1Oc1ncccc1CNC(=O)c1c(C)cc(C)[nH]c1=O. The minimum Gasteiger partial charge on any atom is -0.493 e. The van der Waals surface area contributed by atoms with Gasteiger partial charge in [-0.1, -0.05) is 18.2 Å². The van der Waals surface area contributed by atoms with Gasteiger partial charge in [-0.3, -0.25) is 9.59 Å². The molecule has 3 aromatic rings. The summed E-state index contributed by atoms with van der Waals surface area (Å²) in [5.41, 5.74) is 1.69. The van der Waals surface area contributed by atoms with Gasteiger partial charge >= 0.3 is 0 Å². The molecular formula is C21H21N3O4. The van der Waals surface area contributed by atoms with Gasteiger partial charge in [0.25, 0.3) is 11.5 Å². The second kappa shape index (κ2) is 8.39. The van der Waals surface area contributed by atoms with Crippen LogP contribution < -0.4 is 20.3 Å². The van der Waals surface area contributed by atoms with Crippen LogP contribution in [0.1, 0.15) is 27.2 Å². The molecule has 1 aromatic carbocycles. The van der Waals surface area contributed by atoms with E-state index >= 15 is 0 Å². The highest BCUT2D eigenvalue weighted by atomic mass is 16.5. The van der Waals surface area contributed by atoms with Crippen molar-refractivity contribution in [3.8, 4) is 17.4 Å². The van der Waals surface area contributed by atoms with Crippen LogP contribution in [0.25, 0.3) is 0 Å². The second-order valence-electron chi connectivity index (χ2n) is 6.24. The summed E-state index contributed by atoms with van der Waals surface area (Å²) in [4.78, 5) is 31.6. The van der Waals surface area contributed by atoms with Crippen LogP contribution in [0, 0.1) is 13.8 Å². The molecule has 0 fully saturated rings. The topological polar surface area (TPSA) is 93.3 Å². The molecule has 2 aromatic heterocycles. The highest BCUT2D eigenvalue weighted by Crippen LogP contribution is 2.31. The molecule has 2 heterocycles. The number of ether oxygens (including phenoxy) is 2. The zero-order valence-electron chi connectivity index (χ0n) is 15.9. The van der Waals surface area contributed by atoms with Crippen molar-refractivity contribution in [1.29, 1.82) is 0 Å². The number of H-pyrrole nitrogens is 1. The van der Waals surface area contributed by atoms with E-state index in [9.17, 15) is 9.59 Å². The second-order valence-corrected chi connectivity index (χ2v) is 6.24. The molecule has 0 saturated heterocycles. The zero-order chi connectivity index (χ0) is 20.1. The number of pyridine rings is 2. The maximum Gasteiger partial charge on any atom is 0.261 e. The smallest absolute Gasteiger partial charge is 0.261 e. The highest BCUT2D eigenvalue weighted by molar-refractivity contribution is 5.95. The fraction of sp³-hybridized carbons (Fsp3) is 0.190. The number of nitrogens with zero attached hydrogens (tertiary/aromatic N) is 1. The summed E-state index contributed by atoms with van der Waals surface area (Å²) in [6.07, 6.45) is 1.60. The quantitative estimate of drug-likeness (QED) is 0.686. The van der Waals surface area contributed by atoms with Gasteiger partial charge in [0.05, 0.1) is 7.11 Å². The minimum absolute atomic E-state index is 0.0988. The van der Waals surface area contributed by atoms with Crippen molar-refractivity contribution < 1.29 is 14.3 Å². The first-order chi connectivity index (χ1) is 13.5. The Kier molecular flexibility index (Phi) is 5.74. The third kappa shape index (κ3) is 4.20. The number of carbonyl (C=O) groups is 1. The molecular weight excluding hydrogens is 358 g/mol. The van der Waals surface area contributed by atoms with E-state index in [2.05, 4.69) is 15.3 Å². The van der Waals surface area contributed by atoms with Crippen LogP contribution in [0.3, 0.4) is 0 Å². The molecule has 0 atom stereocenters. The monoisotopic (exact) mass is 379 g/mol. The molecule has 0 bridgehead atoms. The molecule has 7 heteroatoms. The number of hydrogen-bond acceptors (Lipinski definition) is 5. The van der Waals surface area contributed by atoms with Crippen molar-refractivity contribution in [2.45, 2.75) is 20.4 Å². The Morgan fingerprint density at radius 2 is 1.89 bits per heavy atom. The number of aromatic nitrogens is 2. The van der Waals surface area contributed by atoms with E-state index in [0.29, 0.717) is 34.2 Å². The van der Waals surface area contributed by atoms with E-state index in [-0.39, 0.29) is 12.1 Å². The largest absolute Gasteiger partial charge is 0.493 e. The maximum atomic E-state index is 12.5. The summed E-state index contributed by atoms with van der Waals surface area (Å²) >= 11 is 0. The zero-order valence-corrected chi connectivity index (χ0v) is 15.9. The lowest BCUT2D eigenvalue weighted by molar-refractivity contribution is 0.0948. The van der Waals surface area contributed by atoms with Gasteiger partial charge in [-0.25, -0.2) is 4.98 Å². The number of hydrogen-bond donors (Lipinski definition) is 2. The summed E-state index contributed by atoms with van der Waals surface area (Å²) in [5, 5.41) is 2.76. The summed E-state index contributed by atoms with van der Waals surface area (Å²) in [6, 6.07) is 12.5. The number of rotatable bonds is 6. The molecule has 0 spiro atoms. The number of nitrogens with one attached hydrogen (secondary N) is 2. The summed E-state index contributed by atoms with van der Waals surface area (Å²) in [7, 11) is 1.56. The van der Waals surface area contributed by atoms with Crippen LogP contribution in [-0.2, 0) is 6.54 Å². The van der Waals surface area contributed by atoms with Gasteiger partial charge in [0.1, 0.15) is 5.56 Å². The van der Waals surface area contributed by atoms with E-state index in [4.69, 9.17) is 9.47 Å². The van der Waals surface area contributed by atoms with Crippen LogP contribution in [-0.4, -0.2) is 23.0 Å². The Morgan fingerprint density at radius 1 is 1.14 bits per heavy atom. The van der Waals surface area contributed by atoms with E-state index in [1.807, 2.05) is 12.1 Å². The number of benzene rings is 1. The molecule has 28 heavy (non-hydrogen) atoms. The molecule has 0 unspecified atom stereocenters. The average molecular weight is 379 g/mol. The fourth-order valence-corrected chi connectivity index (χ4v) is 2.86. The van der Waals surface area contributed by atoms with Crippen LogP contribution >= 0.6 is 0 Å². The Balaban J connectivity index is 1.79. The van der Waals surface area contributed by atoms with Crippen LogP contribution in [0.2, 0.25) is 0 Å². The normalized spacial score (nSPS) is 10.4. The van der Waals surface area contributed by atoms with Gasteiger partial charge in [-0.05, 0) is 43.7 Å². The summed E-state index contributed by atoms with van der Waals surface area (Å²) in [6.45, 7) is 3.66. The number of methoxy groups -OCH3 is 1. The summed E-state index contributed by atoms with van der Waals surface area (Å²) in [5.74, 6) is 0.986. The van der Waals surface area contributed by atoms with Crippen molar-refractivity contribution >= 4 is 5.91 Å². The molecule has 0 aliphatic heterocycles. The lowest BCUT2D eigenvalue weighted by Gasteiger charge is -2.13. The first-order valence-corrected chi connectivity index (χ1v) is 8.73. The first kappa shape index (κ1) is 19.2. The Labute approximate surface area is 162 Å². The maximum absolute atomic E-state index is 12.5. The Morgan fingerprint density at radius 3 is 2.61 bits per heavy atom. The molecule has 0 aliphatic carbocycles. The van der Waals surface area contributed by atoms with Gasteiger partial charge in [-0.15, -0.1) is 0 Å². The van der Waals surface area contributed by atoms with Gasteiger partial charge in [-0.2, -0.15) is 0 Å². The van der Waals surface area contributed by atoms with Crippen molar-refractivity contribution in [3.63, 3.8) is 0 Å². The molecule has 2 N–H and O–H groups in total. The molecule has 1 amide bonds. The fourth-order valence-electron chi connectivity index (χ4n) is 2.86. The predicted octanol–water partition coefficient (Wildman–Crippen LogP) is 3.12. The van der Waals surface area contributed by atoms with Crippen LogP contribution in [0.4, 0.5) is 0 Å². The first-order valence-electron chi connectivity index (χ1n) is 8.73. The molecule has 0 aliphatic rings. The summed E-state index contributed by atoms with van der Waals surface area (Å²) < 4.78 is 11.2. The van der Waals surface area contributed by atoms with E-state index in [1.54, 1.807) is 57.5 Å².